The second-order valence-electron chi connectivity index (χ2n) is 6.54. The lowest BCUT2D eigenvalue weighted by Gasteiger charge is -2.29. The van der Waals surface area contributed by atoms with Gasteiger partial charge in [-0.25, -0.2) is 8.42 Å². The highest BCUT2D eigenvalue weighted by Crippen LogP contribution is 2.31. The molecule has 1 atom stereocenters. The molecule has 0 aromatic heterocycles. The fourth-order valence-corrected chi connectivity index (χ4v) is 4.00. The summed E-state index contributed by atoms with van der Waals surface area (Å²) in [4.78, 5) is 2.49. The van der Waals surface area contributed by atoms with Crippen molar-refractivity contribution in [3.05, 3.63) is 18.2 Å². The summed E-state index contributed by atoms with van der Waals surface area (Å²) in [5, 5.41) is 21.0. The Labute approximate surface area is 144 Å². The smallest absolute Gasteiger partial charge is 0.182 e. The van der Waals surface area contributed by atoms with Gasteiger partial charge < -0.3 is 20.4 Å². The van der Waals surface area contributed by atoms with Gasteiger partial charge in [-0.3, -0.25) is 0 Å². The van der Waals surface area contributed by atoms with E-state index in [4.69, 9.17) is 5.11 Å². The van der Waals surface area contributed by atoms with Crippen molar-refractivity contribution in [2.24, 2.45) is 0 Å². The minimum atomic E-state index is -3.43. The first-order chi connectivity index (χ1) is 11.4. The molecule has 3 N–H and O–H groups in total. The van der Waals surface area contributed by atoms with Gasteiger partial charge in [-0.05, 0) is 51.3 Å². The van der Waals surface area contributed by atoms with Crippen LogP contribution in [0.2, 0.25) is 0 Å². The highest BCUT2D eigenvalue weighted by Gasteiger charge is 2.24. The van der Waals surface area contributed by atoms with Crippen LogP contribution < -0.4 is 10.2 Å². The Hall–Kier alpha value is -1.31. The predicted molar refractivity (Wildman–Crippen MR) is 96.4 cm³/mol. The highest BCUT2D eigenvalue weighted by molar-refractivity contribution is 7.92. The lowest BCUT2D eigenvalue weighted by atomic mass is 10.1. The number of benzene rings is 1. The van der Waals surface area contributed by atoms with Gasteiger partial charge >= 0.3 is 0 Å². The largest absolute Gasteiger partial charge is 0.394 e. The van der Waals surface area contributed by atoms with Crippen molar-refractivity contribution in [2.75, 3.05) is 36.5 Å². The van der Waals surface area contributed by atoms with Crippen LogP contribution in [-0.4, -0.2) is 56.2 Å². The number of piperidine rings is 1. The highest BCUT2D eigenvalue weighted by atomic mass is 32.2. The molecule has 1 unspecified atom stereocenters. The van der Waals surface area contributed by atoms with E-state index in [1.54, 1.807) is 19.9 Å². The van der Waals surface area contributed by atoms with E-state index >= 15 is 0 Å². The van der Waals surface area contributed by atoms with Crippen molar-refractivity contribution in [3.8, 4) is 0 Å². The van der Waals surface area contributed by atoms with E-state index in [1.807, 2.05) is 12.1 Å². The van der Waals surface area contributed by atoms with Crippen LogP contribution in [0.5, 0.6) is 0 Å². The van der Waals surface area contributed by atoms with Crippen molar-refractivity contribution in [2.45, 2.75) is 49.4 Å². The molecule has 0 amide bonds. The van der Waals surface area contributed by atoms with Gasteiger partial charge in [0.2, 0.25) is 0 Å². The summed E-state index contributed by atoms with van der Waals surface area (Å²) >= 11 is 0. The minimum Gasteiger partial charge on any atom is -0.394 e. The molecule has 136 valence electrons. The van der Waals surface area contributed by atoms with Gasteiger partial charge in [0.15, 0.2) is 9.84 Å². The predicted octanol–water partition coefficient (Wildman–Crippen LogP) is 1.62. The van der Waals surface area contributed by atoms with Crippen LogP contribution in [0.15, 0.2) is 23.1 Å². The van der Waals surface area contributed by atoms with Gasteiger partial charge in [-0.15, -0.1) is 0 Å². The van der Waals surface area contributed by atoms with E-state index in [0.717, 1.165) is 31.6 Å². The molecule has 2 rings (SSSR count). The van der Waals surface area contributed by atoms with Crippen molar-refractivity contribution in [1.82, 2.24) is 0 Å². The molecule has 1 aliphatic rings. The maximum atomic E-state index is 12.6. The number of sulfone groups is 1. The van der Waals surface area contributed by atoms with E-state index in [-0.39, 0.29) is 18.0 Å². The second-order valence-corrected chi connectivity index (χ2v) is 9.01. The quantitative estimate of drug-likeness (QED) is 0.688. The van der Waals surface area contributed by atoms with Gasteiger partial charge in [0.05, 0.1) is 28.5 Å². The molecule has 1 aromatic carbocycles. The number of aliphatic hydroxyl groups excluding tert-OH is 2. The Morgan fingerprint density at radius 3 is 2.46 bits per heavy atom. The molecule has 7 heteroatoms. The molecular weight excluding hydrogens is 328 g/mol. The summed E-state index contributed by atoms with van der Waals surface area (Å²) < 4.78 is 25.2. The van der Waals surface area contributed by atoms with Crippen molar-refractivity contribution >= 4 is 21.2 Å². The Morgan fingerprint density at radius 2 is 1.88 bits per heavy atom. The summed E-state index contributed by atoms with van der Waals surface area (Å²) in [7, 11) is -3.43. The molecule has 0 spiro atoms. The zero-order valence-electron chi connectivity index (χ0n) is 14.4. The lowest BCUT2D eigenvalue weighted by molar-refractivity contribution is 0.105. The number of nitrogens with one attached hydrogen (secondary N) is 1. The Kier molecular flexibility index (Phi) is 6.48. The number of nitrogens with zero attached hydrogens (tertiary/aromatic N) is 1. The molecule has 1 saturated heterocycles. The van der Waals surface area contributed by atoms with Crippen LogP contribution >= 0.6 is 0 Å². The second kappa shape index (κ2) is 8.18. The van der Waals surface area contributed by atoms with E-state index in [2.05, 4.69) is 10.2 Å². The Morgan fingerprint density at radius 1 is 1.21 bits per heavy atom. The number of hydrogen-bond donors (Lipinski definition) is 3. The lowest BCUT2D eigenvalue weighted by Crippen LogP contribution is -2.30. The van der Waals surface area contributed by atoms with Gasteiger partial charge in [-0.1, -0.05) is 0 Å². The van der Waals surface area contributed by atoms with Crippen molar-refractivity contribution < 1.29 is 18.6 Å². The van der Waals surface area contributed by atoms with Gasteiger partial charge in [0, 0.05) is 25.3 Å². The normalized spacial score (nSPS) is 17.1. The third kappa shape index (κ3) is 4.40. The van der Waals surface area contributed by atoms with Crippen LogP contribution in [-0.2, 0) is 9.84 Å². The fraction of sp³-hybridized carbons (Fsp3) is 0.647. The van der Waals surface area contributed by atoms with Gasteiger partial charge in [0.1, 0.15) is 0 Å². The number of rotatable bonds is 7. The number of anilines is 2. The SMILES string of the molecule is CC(C)S(=O)(=O)c1ccc(N2CCCCC2)cc1NCC(O)CO. The zero-order valence-corrected chi connectivity index (χ0v) is 15.2. The maximum Gasteiger partial charge on any atom is 0.182 e. The zero-order chi connectivity index (χ0) is 17.7. The van der Waals surface area contributed by atoms with Crippen molar-refractivity contribution in [3.63, 3.8) is 0 Å². The van der Waals surface area contributed by atoms with Gasteiger partial charge in [-0.2, -0.15) is 0 Å². The summed E-state index contributed by atoms with van der Waals surface area (Å²) in [6.45, 7) is 4.97. The maximum absolute atomic E-state index is 12.6. The van der Waals surface area contributed by atoms with Crippen LogP contribution in [0, 0.1) is 0 Å². The molecule has 1 fully saturated rings. The molecule has 0 aliphatic carbocycles. The number of hydrogen-bond acceptors (Lipinski definition) is 6. The molecule has 0 bridgehead atoms. The van der Waals surface area contributed by atoms with Crippen LogP contribution in [0.25, 0.3) is 0 Å². The first-order valence-electron chi connectivity index (χ1n) is 8.52. The molecule has 0 saturated carbocycles. The first kappa shape index (κ1) is 19.0. The van der Waals surface area contributed by atoms with Gasteiger partial charge in [0.25, 0.3) is 0 Å². The molecule has 6 nitrogen and oxygen atoms in total. The Bertz CT molecular complexity index is 640. The first-order valence-corrected chi connectivity index (χ1v) is 10.1. The topological polar surface area (TPSA) is 89.9 Å². The third-order valence-electron chi connectivity index (χ3n) is 4.35. The van der Waals surface area contributed by atoms with Crippen molar-refractivity contribution in [1.29, 1.82) is 0 Å². The van der Waals surface area contributed by atoms with E-state index in [9.17, 15) is 13.5 Å². The van der Waals surface area contributed by atoms with Crippen LogP contribution in [0.3, 0.4) is 0 Å². The standard InChI is InChI=1S/C17H28N2O4S/c1-13(2)24(22,23)17-7-6-14(19-8-4-3-5-9-19)10-16(17)18-11-15(21)12-20/h6-7,10,13,15,18,20-21H,3-5,8-9,11-12H2,1-2H3. The molecule has 1 aromatic rings. The summed E-state index contributed by atoms with van der Waals surface area (Å²) in [6.07, 6.45) is 2.57. The summed E-state index contributed by atoms with van der Waals surface area (Å²) in [5.74, 6) is 0. The summed E-state index contributed by atoms with van der Waals surface area (Å²) in [6, 6.07) is 5.34. The minimum absolute atomic E-state index is 0.0978. The van der Waals surface area contributed by atoms with Crippen LogP contribution in [0.1, 0.15) is 33.1 Å². The third-order valence-corrected chi connectivity index (χ3v) is 6.56. The van der Waals surface area contributed by atoms with E-state index in [0.29, 0.717) is 5.69 Å². The van der Waals surface area contributed by atoms with E-state index < -0.39 is 21.2 Å². The average Bonchev–Trinajstić information content (AvgIpc) is 2.59. The molecular formula is C17H28N2O4S. The van der Waals surface area contributed by atoms with E-state index in [1.165, 1.54) is 6.42 Å². The fourth-order valence-electron chi connectivity index (χ4n) is 2.80. The number of aliphatic hydroxyl groups is 2. The average molecular weight is 356 g/mol. The summed E-state index contributed by atoms with van der Waals surface area (Å²) in [5.41, 5.74) is 1.47. The Balaban J connectivity index is 2.35. The molecule has 24 heavy (non-hydrogen) atoms. The monoisotopic (exact) mass is 356 g/mol. The molecule has 1 aliphatic heterocycles. The van der Waals surface area contributed by atoms with Crippen LogP contribution in [0.4, 0.5) is 11.4 Å². The molecule has 1 heterocycles. The molecule has 0 radical (unpaired) electrons.